The number of rotatable bonds is 3. The zero-order valence-corrected chi connectivity index (χ0v) is 18.1. The number of para-hydroxylation sites is 2. The maximum atomic E-state index is 6.32. The Morgan fingerprint density at radius 1 is 0.647 bits per heavy atom. The fourth-order valence-corrected chi connectivity index (χ4v) is 4.82. The Kier molecular flexibility index (Phi) is 4.14. The van der Waals surface area contributed by atoms with E-state index in [1.807, 2.05) is 36.4 Å². The molecular weight excluding hydrogens is 422 g/mol. The van der Waals surface area contributed by atoms with Crippen LogP contribution in [0, 0.1) is 0 Å². The molecule has 0 saturated heterocycles. The molecule has 2 aromatic heterocycles. The van der Waals surface area contributed by atoms with Crippen molar-refractivity contribution in [3.63, 3.8) is 0 Å². The fourth-order valence-electron chi connectivity index (χ4n) is 4.82. The first-order valence-electron chi connectivity index (χ1n) is 11.2. The summed E-state index contributed by atoms with van der Waals surface area (Å²) < 4.78 is 12.6. The van der Waals surface area contributed by atoms with E-state index in [0.29, 0.717) is 5.82 Å². The molecule has 0 spiro atoms. The number of hydrogen-bond donors (Lipinski definition) is 1. The van der Waals surface area contributed by atoms with Gasteiger partial charge in [0.1, 0.15) is 0 Å². The van der Waals surface area contributed by atoms with Gasteiger partial charge in [-0.3, -0.25) is 0 Å². The molecule has 0 saturated carbocycles. The van der Waals surface area contributed by atoms with E-state index in [0.717, 1.165) is 44.7 Å². The topological polar surface area (TPSA) is 60.0 Å². The Hall–Kier alpha value is -4.64. The van der Waals surface area contributed by atoms with Gasteiger partial charge in [0.25, 0.3) is 6.29 Å². The molecule has 5 heteroatoms. The van der Waals surface area contributed by atoms with Crippen LogP contribution in [-0.2, 0) is 0 Å². The van der Waals surface area contributed by atoms with E-state index >= 15 is 0 Å². The maximum absolute atomic E-state index is 6.32. The van der Waals surface area contributed by atoms with Crippen molar-refractivity contribution in [2.75, 3.05) is 0 Å². The van der Waals surface area contributed by atoms with Crippen molar-refractivity contribution in [1.29, 1.82) is 0 Å². The summed E-state index contributed by atoms with van der Waals surface area (Å²) >= 11 is 0. The SMILES string of the molecule is c1cnc(-c2ccc3[nH]cc(-c4cccc5ccccc45)c3c2C2Oc3ccccc3O2)nc1. The van der Waals surface area contributed by atoms with Crippen LogP contribution in [-0.4, -0.2) is 15.0 Å². The molecule has 0 amide bonds. The minimum atomic E-state index is -0.621. The van der Waals surface area contributed by atoms with Crippen LogP contribution in [0.25, 0.3) is 44.2 Å². The molecule has 7 rings (SSSR count). The number of nitrogens with zero attached hydrogens (tertiary/aromatic N) is 2. The zero-order chi connectivity index (χ0) is 22.5. The van der Waals surface area contributed by atoms with Gasteiger partial charge in [0.05, 0.1) is 5.56 Å². The lowest BCUT2D eigenvalue weighted by atomic mass is 9.93. The summed E-state index contributed by atoms with van der Waals surface area (Å²) in [4.78, 5) is 12.5. The average Bonchev–Trinajstić information content (AvgIpc) is 3.53. The lowest BCUT2D eigenvalue weighted by Crippen LogP contribution is -2.11. The highest BCUT2D eigenvalue weighted by Gasteiger charge is 2.32. The summed E-state index contributed by atoms with van der Waals surface area (Å²) in [5.74, 6) is 2.09. The quantitative estimate of drug-likeness (QED) is 0.324. The minimum Gasteiger partial charge on any atom is -0.447 e. The van der Waals surface area contributed by atoms with E-state index in [4.69, 9.17) is 9.47 Å². The highest BCUT2D eigenvalue weighted by atomic mass is 16.7. The van der Waals surface area contributed by atoms with Gasteiger partial charge in [0.2, 0.25) is 0 Å². The number of ether oxygens (including phenoxy) is 2. The van der Waals surface area contributed by atoms with Crippen molar-refractivity contribution in [2.24, 2.45) is 0 Å². The highest BCUT2D eigenvalue weighted by Crippen LogP contribution is 2.46. The number of fused-ring (bicyclic) bond motifs is 3. The van der Waals surface area contributed by atoms with E-state index in [1.165, 1.54) is 10.8 Å². The summed E-state index contributed by atoms with van der Waals surface area (Å²) in [5.41, 5.74) is 5.02. The van der Waals surface area contributed by atoms with Gasteiger partial charge < -0.3 is 14.5 Å². The van der Waals surface area contributed by atoms with Crippen molar-refractivity contribution < 1.29 is 9.47 Å². The molecular formula is C29H19N3O2. The van der Waals surface area contributed by atoms with Crippen molar-refractivity contribution >= 4 is 21.7 Å². The molecule has 0 fully saturated rings. The van der Waals surface area contributed by atoms with Gasteiger partial charge in [-0.25, -0.2) is 9.97 Å². The number of nitrogens with one attached hydrogen (secondary N) is 1. The van der Waals surface area contributed by atoms with Gasteiger partial charge in [-0.15, -0.1) is 0 Å². The fraction of sp³-hybridized carbons (Fsp3) is 0.0345. The third kappa shape index (κ3) is 2.87. The number of benzene rings is 4. The van der Waals surface area contributed by atoms with Crippen LogP contribution < -0.4 is 9.47 Å². The van der Waals surface area contributed by atoms with Crippen LogP contribution in [0.5, 0.6) is 11.5 Å². The van der Waals surface area contributed by atoms with Crippen LogP contribution in [0.4, 0.5) is 0 Å². The second-order valence-electron chi connectivity index (χ2n) is 8.27. The molecule has 1 aliphatic rings. The minimum absolute atomic E-state index is 0.621. The molecule has 1 N–H and O–H groups in total. The summed E-state index contributed by atoms with van der Waals surface area (Å²) in [6.07, 6.45) is 4.95. The Bertz CT molecular complexity index is 1640. The van der Waals surface area contributed by atoms with E-state index in [-0.39, 0.29) is 0 Å². The number of H-pyrrole nitrogens is 1. The molecule has 5 nitrogen and oxygen atoms in total. The maximum Gasteiger partial charge on any atom is 0.269 e. The predicted octanol–water partition coefficient (Wildman–Crippen LogP) is 6.92. The van der Waals surface area contributed by atoms with Crippen LogP contribution in [0.15, 0.2) is 104 Å². The average molecular weight is 441 g/mol. The van der Waals surface area contributed by atoms with Crippen LogP contribution >= 0.6 is 0 Å². The Morgan fingerprint density at radius 2 is 1.38 bits per heavy atom. The van der Waals surface area contributed by atoms with Gasteiger partial charge in [-0.05, 0) is 46.7 Å². The van der Waals surface area contributed by atoms with Crippen molar-refractivity contribution in [3.05, 3.63) is 109 Å². The van der Waals surface area contributed by atoms with Crippen LogP contribution in [0.3, 0.4) is 0 Å². The molecule has 4 aromatic carbocycles. The Balaban J connectivity index is 1.53. The second kappa shape index (κ2) is 7.46. The predicted molar refractivity (Wildman–Crippen MR) is 133 cm³/mol. The largest absolute Gasteiger partial charge is 0.447 e. The van der Waals surface area contributed by atoms with Crippen molar-refractivity contribution in [2.45, 2.75) is 6.29 Å². The Labute approximate surface area is 195 Å². The smallest absolute Gasteiger partial charge is 0.269 e. The Morgan fingerprint density at radius 3 is 2.21 bits per heavy atom. The lowest BCUT2D eigenvalue weighted by molar-refractivity contribution is 0.0505. The first kappa shape index (κ1) is 18.9. The molecule has 0 aliphatic carbocycles. The van der Waals surface area contributed by atoms with Gasteiger partial charge >= 0.3 is 0 Å². The molecule has 0 radical (unpaired) electrons. The summed E-state index contributed by atoms with van der Waals surface area (Å²) in [5, 5.41) is 3.42. The molecule has 1 aliphatic heterocycles. The lowest BCUT2D eigenvalue weighted by Gasteiger charge is -2.17. The molecule has 6 aromatic rings. The van der Waals surface area contributed by atoms with Crippen LogP contribution in [0.1, 0.15) is 11.9 Å². The third-order valence-electron chi connectivity index (χ3n) is 6.33. The molecule has 0 unspecified atom stereocenters. The first-order valence-corrected chi connectivity index (χ1v) is 11.2. The van der Waals surface area contributed by atoms with E-state index < -0.39 is 6.29 Å². The zero-order valence-electron chi connectivity index (χ0n) is 18.1. The summed E-state index contributed by atoms with van der Waals surface area (Å²) in [6.45, 7) is 0. The second-order valence-corrected chi connectivity index (χ2v) is 8.27. The summed E-state index contributed by atoms with van der Waals surface area (Å²) in [6, 6.07) is 28.5. The highest BCUT2D eigenvalue weighted by molar-refractivity contribution is 6.07. The number of hydrogen-bond acceptors (Lipinski definition) is 4. The third-order valence-corrected chi connectivity index (χ3v) is 6.33. The summed E-state index contributed by atoms with van der Waals surface area (Å²) in [7, 11) is 0. The standard InChI is InChI=1S/C29H19N3O2/c1-2-9-19-18(7-1)8-5-10-20(19)22-17-32-23-14-13-21(28-30-15-6-16-31-28)27(26(22)23)29-33-24-11-3-4-12-25(24)34-29/h1-17,29,32H. The first-order chi connectivity index (χ1) is 16.9. The molecule has 3 heterocycles. The van der Waals surface area contributed by atoms with Crippen LogP contribution in [0.2, 0.25) is 0 Å². The van der Waals surface area contributed by atoms with Gasteiger partial charge in [-0.1, -0.05) is 54.6 Å². The number of aromatic nitrogens is 3. The van der Waals surface area contributed by atoms with Crippen molar-refractivity contribution in [1.82, 2.24) is 15.0 Å². The van der Waals surface area contributed by atoms with Crippen molar-refractivity contribution in [3.8, 4) is 34.0 Å². The molecule has 162 valence electrons. The van der Waals surface area contributed by atoms with Gasteiger partial charge in [0.15, 0.2) is 17.3 Å². The monoisotopic (exact) mass is 441 g/mol. The van der Waals surface area contributed by atoms with E-state index in [2.05, 4.69) is 69.7 Å². The number of aromatic amines is 1. The van der Waals surface area contributed by atoms with Gasteiger partial charge in [0, 0.05) is 40.6 Å². The molecule has 0 atom stereocenters. The molecule has 34 heavy (non-hydrogen) atoms. The van der Waals surface area contributed by atoms with Gasteiger partial charge in [-0.2, -0.15) is 0 Å². The molecule has 0 bridgehead atoms. The van der Waals surface area contributed by atoms with E-state index in [9.17, 15) is 0 Å². The van der Waals surface area contributed by atoms with E-state index in [1.54, 1.807) is 12.4 Å². The normalized spacial score (nSPS) is 13.1.